The minimum Gasteiger partial charge on any atom is -0.304 e. The summed E-state index contributed by atoms with van der Waals surface area (Å²) in [5, 5.41) is 3.56. The van der Waals surface area contributed by atoms with E-state index in [9.17, 15) is 0 Å². The van der Waals surface area contributed by atoms with E-state index >= 15 is 0 Å². The van der Waals surface area contributed by atoms with Crippen LogP contribution >= 0.6 is 22.7 Å². The van der Waals surface area contributed by atoms with Crippen molar-refractivity contribution in [2.24, 2.45) is 0 Å². The van der Waals surface area contributed by atoms with E-state index in [2.05, 4.69) is 43.2 Å². The van der Waals surface area contributed by atoms with E-state index in [1.54, 1.807) is 11.3 Å². The molecule has 2 heterocycles. The fraction of sp³-hybridized carbons (Fsp3) is 0.462. The number of thiophene rings is 1. The molecule has 2 nitrogen and oxygen atoms in total. The maximum absolute atomic E-state index is 4.29. The molecule has 0 saturated heterocycles. The van der Waals surface area contributed by atoms with Crippen LogP contribution in [0.1, 0.15) is 40.2 Å². The van der Waals surface area contributed by atoms with E-state index in [1.165, 1.54) is 14.6 Å². The van der Waals surface area contributed by atoms with Crippen molar-refractivity contribution in [3.8, 4) is 0 Å². The zero-order valence-corrected chi connectivity index (χ0v) is 12.1. The molecule has 0 spiro atoms. The monoisotopic (exact) mass is 266 g/mol. The lowest BCUT2D eigenvalue weighted by molar-refractivity contribution is 0.584. The molecule has 2 rings (SSSR count). The molecule has 0 saturated carbocycles. The molecule has 0 radical (unpaired) electrons. The van der Waals surface area contributed by atoms with Gasteiger partial charge in [0, 0.05) is 27.2 Å². The van der Waals surface area contributed by atoms with Crippen LogP contribution < -0.4 is 5.32 Å². The molecular weight excluding hydrogens is 248 g/mol. The Morgan fingerprint density at radius 2 is 2.12 bits per heavy atom. The van der Waals surface area contributed by atoms with E-state index in [4.69, 9.17) is 0 Å². The summed E-state index contributed by atoms with van der Waals surface area (Å²) in [4.78, 5) is 8.51. The summed E-state index contributed by atoms with van der Waals surface area (Å²) in [6, 6.07) is 4.84. The van der Waals surface area contributed by atoms with Crippen molar-refractivity contribution in [1.29, 1.82) is 0 Å². The topological polar surface area (TPSA) is 24.9 Å². The number of aromatic nitrogens is 1. The van der Waals surface area contributed by atoms with E-state index in [0.717, 1.165) is 18.7 Å². The van der Waals surface area contributed by atoms with Crippen LogP contribution in [0.25, 0.3) is 0 Å². The molecule has 2 aromatic heterocycles. The highest BCUT2D eigenvalue weighted by atomic mass is 32.1. The maximum atomic E-state index is 4.29. The molecule has 17 heavy (non-hydrogen) atoms. The minimum atomic E-state index is 0.384. The number of thiazole rings is 1. The first-order valence-electron chi connectivity index (χ1n) is 5.91. The van der Waals surface area contributed by atoms with Gasteiger partial charge in [0.25, 0.3) is 0 Å². The standard InChI is InChI=1S/C13H18N2S2/c1-4-11-5-6-12(17-11)7-14-9(2)13-10(3)15-8-16-13/h5-6,8-9,14H,4,7H2,1-3H3. The Bertz CT molecular complexity index is 473. The Balaban J connectivity index is 1.92. The second-order valence-corrected chi connectivity index (χ2v) is 6.27. The lowest BCUT2D eigenvalue weighted by Crippen LogP contribution is -2.17. The van der Waals surface area contributed by atoms with Gasteiger partial charge in [0.2, 0.25) is 0 Å². The molecule has 0 aliphatic rings. The molecule has 2 aromatic rings. The third-order valence-electron chi connectivity index (χ3n) is 2.82. The van der Waals surface area contributed by atoms with Gasteiger partial charge in [0.1, 0.15) is 0 Å². The molecule has 0 aliphatic heterocycles. The highest BCUT2D eigenvalue weighted by Crippen LogP contribution is 2.22. The molecular formula is C13H18N2S2. The van der Waals surface area contributed by atoms with Gasteiger partial charge in [0.15, 0.2) is 0 Å². The number of aryl methyl sites for hydroxylation is 2. The predicted octanol–water partition coefficient (Wildman–Crippen LogP) is 3.93. The van der Waals surface area contributed by atoms with Crippen molar-refractivity contribution >= 4 is 22.7 Å². The van der Waals surface area contributed by atoms with Crippen LogP contribution in [0, 0.1) is 6.92 Å². The van der Waals surface area contributed by atoms with Crippen molar-refractivity contribution < 1.29 is 0 Å². The highest BCUT2D eigenvalue weighted by Gasteiger charge is 2.10. The average molecular weight is 266 g/mol. The fourth-order valence-electron chi connectivity index (χ4n) is 1.78. The number of hydrogen-bond donors (Lipinski definition) is 1. The van der Waals surface area contributed by atoms with Crippen molar-refractivity contribution in [2.75, 3.05) is 0 Å². The Kier molecular flexibility index (Phi) is 4.31. The van der Waals surface area contributed by atoms with Crippen molar-refractivity contribution in [3.63, 3.8) is 0 Å². The van der Waals surface area contributed by atoms with Gasteiger partial charge in [-0.25, -0.2) is 4.98 Å². The first-order chi connectivity index (χ1) is 8.20. The van der Waals surface area contributed by atoms with E-state index in [-0.39, 0.29) is 0 Å². The second-order valence-electron chi connectivity index (χ2n) is 4.13. The first-order valence-corrected chi connectivity index (χ1v) is 7.61. The Hall–Kier alpha value is -0.710. The molecule has 1 N–H and O–H groups in total. The summed E-state index contributed by atoms with van der Waals surface area (Å²) < 4.78 is 0. The Morgan fingerprint density at radius 3 is 2.71 bits per heavy atom. The van der Waals surface area contributed by atoms with Crippen molar-refractivity contribution in [1.82, 2.24) is 10.3 Å². The largest absolute Gasteiger partial charge is 0.304 e. The van der Waals surface area contributed by atoms with Gasteiger partial charge in [0.05, 0.1) is 11.2 Å². The van der Waals surface area contributed by atoms with Crippen LogP contribution in [-0.2, 0) is 13.0 Å². The lowest BCUT2D eigenvalue weighted by atomic mass is 10.2. The van der Waals surface area contributed by atoms with Crippen molar-refractivity contribution in [3.05, 3.63) is 38.0 Å². The molecule has 4 heteroatoms. The summed E-state index contributed by atoms with van der Waals surface area (Å²) in [6.07, 6.45) is 1.13. The third-order valence-corrected chi connectivity index (χ3v) is 5.17. The average Bonchev–Trinajstić information content (AvgIpc) is 2.94. The smallest absolute Gasteiger partial charge is 0.0798 e. The lowest BCUT2D eigenvalue weighted by Gasteiger charge is -2.11. The molecule has 0 aliphatic carbocycles. The van der Waals surface area contributed by atoms with Gasteiger partial charge in [-0.3, -0.25) is 0 Å². The number of nitrogens with zero attached hydrogens (tertiary/aromatic N) is 1. The minimum absolute atomic E-state index is 0.384. The van der Waals surface area contributed by atoms with Crippen LogP contribution in [0.2, 0.25) is 0 Å². The SMILES string of the molecule is CCc1ccc(CNC(C)c2scnc2C)s1. The summed E-state index contributed by atoms with van der Waals surface area (Å²) in [5.74, 6) is 0. The van der Waals surface area contributed by atoms with Gasteiger partial charge in [-0.1, -0.05) is 6.92 Å². The molecule has 1 unspecified atom stereocenters. The van der Waals surface area contributed by atoms with Gasteiger partial charge in [-0.15, -0.1) is 22.7 Å². The van der Waals surface area contributed by atoms with Gasteiger partial charge in [-0.05, 0) is 32.4 Å². The van der Waals surface area contributed by atoms with Crippen LogP contribution in [0.5, 0.6) is 0 Å². The van der Waals surface area contributed by atoms with Crippen molar-refractivity contribution in [2.45, 2.75) is 39.8 Å². The summed E-state index contributed by atoms with van der Waals surface area (Å²) in [6.45, 7) is 7.43. The Morgan fingerprint density at radius 1 is 1.35 bits per heavy atom. The number of nitrogens with one attached hydrogen (secondary N) is 1. The van der Waals surface area contributed by atoms with Crippen LogP contribution in [-0.4, -0.2) is 4.98 Å². The van der Waals surface area contributed by atoms with E-state index in [1.807, 2.05) is 16.8 Å². The normalized spacial score (nSPS) is 12.9. The van der Waals surface area contributed by atoms with Gasteiger partial charge in [-0.2, -0.15) is 0 Å². The predicted molar refractivity (Wildman–Crippen MR) is 75.8 cm³/mol. The van der Waals surface area contributed by atoms with E-state index < -0.39 is 0 Å². The molecule has 0 amide bonds. The summed E-state index contributed by atoms with van der Waals surface area (Å²) in [7, 11) is 0. The van der Waals surface area contributed by atoms with Gasteiger partial charge < -0.3 is 5.32 Å². The summed E-state index contributed by atoms with van der Waals surface area (Å²) >= 11 is 3.63. The van der Waals surface area contributed by atoms with E-state index in [0.29, 0.717) is 6.04 Å². The molecule has 0 bridgehead atoms. The molecule has 0 fully saturated rings. The first kappa shape index (κ1) is 12.7. The summed E-state index contributed by atoms with van der Waals surface area (Å²) in [5.41, 5.74) is 3.07. The van der Waals surface area contributed by atoms with Crippen LogP contribution in [0.3, 0.4) is 0 Å². The second kappa shape index (κ2) is 5.76. The van der Waals surface area contributed by atoms with Crippen LogP contribution in [0.4, 0.5) is 0 Å². The number of hydrogen-bond acceptors (Lipinski definition) is 4. The fourth-order valence-corrected chi connectivity index (χ4v) is 3.52. The quantitative estimate of drug-likeness (QED) is 0.887. The zero-order chi connectivity index (χ0) is 12.3. The maximum Gasteiger partial charge on any atom is 0.0798 e. The molecule has 0 aromatic carbocycles. The molecule has 92 valence electrons. The third kappa shape index (κ3) is 3.15. The molecule has 1 atom stereocenters. The number of rotatable bonds is 5. The van der Waals surface area contributed by atoms with Gasteiger partial charge >= 0.3 is 0 Å². The van der Waals surface area contributed by atoms with Crippen LogP contribution in [0.15, 0.2) is 17.6 Å². The zero-order valence-electron chi connectivity index (χ0n) is 10.5. The Labute approximate surface area is 111 Å². The highest BCUT2D eigenvalue weighted by molar-refractivity contribution is 7.12.